The second-order valence-electron chi connectivity index (χ2n) is 3.57. The van der Waals surface area contributed by atoms with Crippen molar-refractivity contribution in [3.05, 3.63) is 45.7 Å². The number of methoxy groups -OCH3 is 1. The highest BCUT2D eigenvalue weighted by atomic mass is 32.1. The Morgan fingerprint density at radius 2 is 2.24 bits per heavy atom. The van der Waals surface area contributed by atoms with E-state index < -0.39 is 11.9 Å². The summed E-state index contributed by atoms with van der Waals surface area (Å²) in [5.41, 5.74) is 0.413. The van der Waals surface area contributed by atoms with E-state index in [1.54, 1.807) is 6.20 Å². The number of thiazole rings is 1. The van der Waals surface area contributed by atoms with Crippen molar-refractivity contribution in [2.24, 2.45) is 0 Å². The monoisotopic (exact) mass is 253 g/mol. The molecule has 0 aliphatic carbocycles. The average Bonchev–Trinajstić information content (AvgIpc) is 2.75. The van der Waals surface area contributed by atoms with Gasteiger partial charge in [0.15, 0.2) is 0 Å². The molecule has 1 unspecified atom stereocenters. The maximum atomic E-state index is 13.2. The Hall–Kier alpha value is -1.46. The smallest absolute Gasteiger partial charge is 0.125 e. The van der Waals surface area contributed by atoms with Crippen molar-refractivity contribution in [1.82, 2.24) is 4.98 Å². The summed E-state index contributed by atoms with van der Waals surface area (Å²) in [6.07, 6.45) is 0.682. The molecule has 0 amide bonds. The number of rotatable bonds is 3. The van der Waals surface area contributed by atoms with Crippen molar-refractivity contribution >= 4 is 11.3 Å². The van der Waals surface area contributed by atoms with Crippen LogP contribution in [0.2, 0.25) is 0 Å². The quantitative estimate of drug-likeness (QED) is 0.914. The van der Waals surface area contributed by atoms with Crippen LogP contribution in [0.15, 0.2) is 24.4 Å². The van der Waals surface area contributed by atoms with Crippen LogP contribution >= 0.6 is 11.3 Å². The molecule has 0 aliphatic rings. The fourth-order valence-electron chi connectivity index (χ4n) is 1.58. The molecule has 0 fully saturated rings. The first-order chi connectivity index (χ1) is 8.11. The largest absolute Gasteiger partial charge is 0.496 e. The van der Waals surface area contributed by atoms with Crippen molar-refractivity contribution in [1.29, 1.82) is 0 Å². The van der Waals surface area contributed by atoms with Gasteiger partial charge in [-0.05, 0) is 25.1 Å². The summed E-state index contributed by atoms with van der Waals surface area (Å²) in [5.74, 6) is 0.0611. The summed E-state index contributed by atoms with van der Waals surface area (Å²) in [6.45, 7) is 1.85. The van der Waals surface area contributed by atoms with E-state index in [0.717, 1.165) is 5.01 Å². The minimum absolute atomic E-state index is 0.402. The molecule has 1 N–H and O–H groups in total. The molecule has 0 bridgehead atoms. The third-order valence-electron chi connectivity index (χ3n) is 2.39. The molecule has 0 saturated carbocycles. The van der Waals surface area contributed by atoms with Gasteiger partial charge < -0.3 is 9.84 Å². The maximum absolute atomic E-state index is 13.2. The molecule has 1 atom stereocenters. The van der Waals surface area contributed by atoms with Crippen molar-refractivity contribution in [2.75, 3.05) is 7.11 Å². The van der Waals surface area contributed by atoms with Crippen LogP contribution < -0.4 is 4.74 Å². The Bertz CT molecular complexity index is 527. The highest BCUT2D eigenvalue weighted by Gasteiger charge is 2.18. The van der Waals surface area contributed by atoms with Crippen molar-refractivity contribution in [3.8, 4) is 5.75 Å². The van der Waals surface area contributed by atoms with Crippen LogP contribution in [0.1, 0.15) is 21.6 Å². The first kappa shape index (κ1) is 12.0. The predicted molar refractivity (Wildman–Crippen MR) is 63.9 cm³/mol. The minimum Gasteiger partial charge on any atom is -0.496 e. The van der Waals surface area contributed by atoms with Gasteiger partial charge in [-0.1, -0.05) is 0 Å². The fraction of sp³-hybridized carbons (Fsp3) is 0.250. The lowest BCUT2D eigenvalue weighted by molar-refractivity contribution is 0.217. The number of benzene rings is 1. The van der Waals surface area contributed by atoms with Gasteiger partial charge in [-0.15, -0.1) is 11.3 Å². The van der Waals surface area contributed by atoms with Gasteiger partial charge in [0.05, 0.1) is 17.0 Å². The zero-order valence-corrected chi connectivity index (χ0v) is 10.3. The van der Waals surface area contributed by atoms with Gasteiger partial charge in [-0.25, -0.2) is 9.37 Å². The molecule has 90 valence electrons. The van der Waals surface area contributed by atoms with Gasteiger partial charge >= 0.3 is 0 Å². The number of hydrogen-bond donors (Lipinski definition) is 1. The summed E-state index contributed by atoms with van der Waals surface area (Å²) in [7, 11) is 1.49. The highest BCUT2D eigenvalue weighted by Crippen LogP contribution is 2.32. The fourth-order valence-corrected chi connectivity index (χ4v) is 2.37. The van der Waals surface area contributed by atoms with E-state index in [4.69, 9.17) is 4.74 Å². The molecule has 0 aliphatic heterocycles. The first-order valence-corrected chi connectivity index (χ1v) is 5.87. The Morgan fingerprint density at radius 3 is 2.82 bits per heavy atom. The number of ether oxygens (including phenoxy) is 1. The number of nitrogens with zero attached hydrogens (tertiary/aromatic N) is 1. The summed E-state index contributed by atoms with van der Waals surface area (Å²) < 4.78 is 18.3. The average molecular weight is 253 g/mol. The van der Waals surface area contributed by atoms with Crippen LogP contribution in [0.25, 0.3) is 0 Å². The van der Waals surface area contributed by atoms with Crippen LogP contribution in [-0.2, 0) is 0 Å². The lowest BCUT2D eigenvalue weighted by atomic mass is 10.1. The topological polar surface area (TPSA) is 42.4 Å². The zero-order valence-electron chi connectivity index (χ0n) is 9.48. The number of halogens is 1. The van der Waals surface area contributed by atoms with E-state index in [1.807, 2.05) is 6.92 Å². The summed E-state index contributed by atoms with van der Waals surface area (Å²) >= 11 is 1.38. The molecular weight excluding hydrogens is 241 g/mol. The van der Waals surface area contributed by atoms with Gasteiger partial charge in [0.2, 0.25) is 0 Å². The minimum atomic E-state index is -0.910. The van der Waals surface area contributed by atoms with Crippen molar-refractivity contribution in [3.63, 3.8) is 0 Å². The number of hydrogen-bond acceptors (Lipinski definition) is 4. The molecule has 2 aromatic rings. The van der Waals surface area contributed by atoms with E-state index >= 15 is 0 Å². The van der Waals surface area contributed by atoms with E-state index in [1.165, 1.54) is 36.6 Å². The SMILES string of the molecule is COc1ccc(F)cc1C(O)c1cnc(C)s1. The van der Waals surface area contributed by atoms with Crippen LogP contribution in [0.5, 0.6) is 5.75 Å². The summed E-state index contributed by atoms with van der Waals surface area (Å²) in [4.78, 5) is 4.74. The summed E-state index contributed by atoms with van der Waals surface area (Å²) in [6, 6.07) is 4.08. The van der Waals surface area contributed by atoms with E-state index in [-0.39, 0.29) is 0 Å². The molecular formula is C12H12FNO2S. The third-order valence-corrected chi connectivity index (χ3v) is 3.36. The van der Waals surface area contributed by atoms with Gasteiger partial charge in [0.1, 0.15) is 17.7 Å². The molecule has 0 radical (unpaired) electrons. The molecule has 1 heterocycles. The molecule has 17 heavy (non-hydrogen) atoms. The molecule has 1 aromatic carbocycles. The van der Waals surface area contributed by atoms with Crippen LogP contribution in [-0.4, -0.2) is 17.2 Å². The zero-order chi connectivity index (χ0) is 12.4. The standard InChI is InChI=1S/C12H12FNO2S/c1-7-14-6-11(17-7)12(15)9-5-8(13)3-4-10(9)16-2/h3-6,12,15H,1-2H3. The Kier molecular flexibility index (Phi) is 3.40. The first-order valence-electron chi connectivity index (χ1n) is 5.05. The number of aliphatic hydroxyl groups excluding tert-OH is 1. The number of aromatic nitrogens is 1. The van der Waals surface area contributed by atoms with Crippen LogP contribution in [0, 0.1) is 12.7 Å². The van der Waals surface area contributed by atoms with Crippen LogP contribution in [0.3, 0.4) is 0 Å². The summed E-state index contributed by atoms with van der Waals surface area (Å²) in [5, 5.41) is 11.0. The molecule has 1 aromatic heterocycles. The maximum Gasteiger partial charge on any atom is 0.125 e. The van der Waals surface area contributed by atoms with Crippen LogP contribution in [0.4, 0.5) is 4.39 Å². The van der Waals surface area contributed by atoms with E-state index in [0.29, 0.717) is 16.2 Å². The van der Waals surface area contributed by atoms with Crippen molar-refractivity contribution in [2.45, 2.75) is 13.0 Å². The number of aryl methyl sites for hydroxylation is 1. The molecule has 0 saturated heterocycles. The Labute approximate surface area is 103 Å². The lowest BCUT2D eigenvalue weighted by Gasteiger charge is -2.13. The molecule has 3 nitrogen and oxygen atoms in total. The van der Waals surface area contributed by atoms with Crippen molar-refractivity contribution < 1.29 is 14.2 Å². The van der Waals surface area contributed by atoms with Gasteiger partial charge in [0.25, 0.3) is 0 Å². The number of aliphatic hydroxyl groups is 1. The lowest BCUT2D eigenvalue weighted by Crippen LogP contribution is -2.01. The van der Waals surface area contributed by atoms with E-state index in [2.05, 4.69) is 4.98 Å². The second kappa shape index (κ2) is 4.81. The van der Waals surface area contributed by atoms with Gasteiger partial charge in [-0.2, -0.15) is 0 Å². The molecule has 0 spiro atoms. The third kappa shape index (κ3) is 2.45. The molecule has 2 rings (SSSR count). The predicted octanol–water partition coefficient (Wildman–Crippen LogP) is 2.68. The van der Waals surface area contributed by atoms with E-state index in [9.17, 15) is 9.50 Å². The normalized spacial score (nSPS) is 12.5. The second-order valence-corrected chi connectivity index (χ2v) is 4.84. The van der Waals surface area contributed by atoms with Gasteiger partial charge in [0, 0.05) is 11.8 Å². The van der Waals surface area contributed by atoms with Gasteiger partial charge in [-0.3, -0.25) is 0 Å². The Morgan fingerprint density at radius 1 is 1.47 bits per heavy atom. The molecule has 5 heteroatoms. The Balaban J connectivity index is 2.42. The highest BCUT2D eigenvalue weighted by molar-refractivity contribution is 7.11.